The average molecular weight is 384 g/mol. The number of esters is 2. The monoisotopic (exact) mass is 383 g/mol. The van der Waals surface area contributed by atoms with Crippen molar-refractivity contribution in [3.8, 4) is 0 Å². The van der Waals surface area contributed by atoms with Crippen LogP contribution >= 0.6 is 15.9 Å². The molecule has 2 rings (SSSR count). The highest BCUT2D eigenvalue weighted by Crippen LogP contribution is 2.27. The van der Waals surface area contributed by atoms with Gasteiger partial charge in [0, 0.05) is 30.2 Å². The molecule has 1 aliphatic heterocycles. The predicted octanol–water partition coefficient (Wildman–Crippen LogP) is 2.59. The molecule has 0 radical (unpaired) electrons. The zero-order valence-corrected chi connectivity index (χ0v) is 14.2. The topological polar surface area (TPSA) is 102 Å². The molecule has 0 aromatic heterocycles. The van der Waals surface area contributed by atoms with Gasteiger partial charge in [-0.25, -0.2) is 14.4 Å². The van der Waals surface area contributed by atoms with Gasteiger partial charge in [0.1, 0.15) is 0 Å². The van der Waals surface area contributed by atoms with Crippen LogP contribution in [0.4, 0.5) is 5.69 Å². The van der Waals surface area contributed by atoms with Gasteiger partial charge < -0.3 is 19.9 Å². The Hall–Kier alpha value is -2.35. The van der Waals surface area contributed by atoms with Gasteiger partial charge in [-0.2, -0.15) is 0 Å². The highest BCUT2D eigenvalue weighted by molar-refractivity contribution is 9.10. The largest absolute Gasteiger partial charge is 0.478 e. The molecule has 7 nitrogen and oxygen atoms in total. The maximum Gasteiger partial charge on any atom is 0.350 e. The number of anilines is 1. The molecule has 0 aliphatic carbocycles. The minimum absolute atomic E-state index is 0.0476. The Kier molecular flexibility index (Phi) is 4.46. The van der Waals surface area contributed by atoms with Crippen molar-refractivity contribution in [1.29, 1.82) is 0 Å². The summed E-state index contributed by atoms with van der Waals surface area (Å²) in [5, 5.41) is 11.9. The fourth-order valence-electron chi connectivity index (χ4n) is 1.92. The number of carbonyl (C=O) groups excluding carboxylic acids is 2. The number of carboxylic acid groups (broad SMARTS) is 1. The number of carboxylic acids is 1. The highest BCUT2D eigenvalue weighted by Gasteiger charge is 2.38. The quantitative estimate of drug-likeness (QED) is 0.469. The maximum atomic E-state index is 11.8. The molecule has 0 bridgehead atoms. The Balaban J connectivity index is 2.30. The number of nitrogens with one attached hydrogen (secondary N) is 1. The van der Waals surface area contributed by atoms with Crippen molar-refractivity contribution >= 4 is 39.5 Å². The SMILES string of the molecule is Cc1cc(Br)c(C(=O)O)cc1NC=C1C(=O)OC(C)(C)OC1=O. The molecule has 8 heteroatoms. The summed E-state index contributed by atoms with van der Waals surface area (Å²) in [6, 6.07) is 3.01. The summed E-state index contributed by atoms with van der Waals surface area (Å²) in [4.78, 5) is 34.8. The zero-order valence-electron chi connectivity index (χ0n) is 12.6. The Labute approximate surface area is 140 Å². The normalized spacial score (nSPS) is 16.4. The molecule has 1 fully saturated rings. The highest BCUT2D eigenvalue weighted by atomic mass is 79.9. The van der Waals surface area contributed by atoms with Crippen LogP contribution in [0.1, 0.15) is 29.8 Å². The predicted molar refractivity (Wildman–Crippen MR) is 83.8 cm³/mol. The van der Waals surface area contributed by atoms with Crippen LogP contribution in [0, 0.1) is 6.92 Å². The zero-order chi connectivity index (χ0) is 17.4. The number of hydrogen-bond acceptors (Lipinski definition) is 6. The van der Waals surface area contributed by atoms with E-state index in [9.17, 15) is 14.4 Å². The van der Waals surface area contributed by atoms with E-state index in [0.717, 1.165) is 11.8 Å². The van der Waals surface area contributed by atoms with Crippen LogP contribution < -0.4 is 5.32 Å². The van der Waals surface area contributed by atoms with E-state index < -0.39 is 23.7 Å². The molecule has 23 heavy (non-hydrogen) atoms. The summed E-state index contributed by atoms with van der Waals surface area (Å²) in [6.07, 6.45) is 1.14. The molecule has 0 saturated carbocycles. The van der Waals surface area contributed by atoms with E-state index >= 15 is 0 Å². The lowest BCUT2D eigenvalue weighted by atomic mass is 10.1. The van der Waals surface area contributed by atoms with Crippen molar-refractivity contribution in [2.75, 3.05) is 5.32 Å². The lowest BCUT2D eigenvalue weighted by Gasteiger charge is -2.29. The molecule has 0 atom stereocenters. The summed E-state index contributed by atoms with van der Waals surface area (Å²) in [5.74, 6) is -4.04. The van der Waals surface area contributed by atoms with Crippen LogP contribution in [-0.4, -0.2) is 28.8 Å². The number of hydrogen-bond donors (Lipinski definition) is 2. The smallest absolute Gasteiger partial charge is 0.350 e. The van der Waals surface area contributed by atoms with Crippen LogP contribution in [0.2, 0.25) is 0 Å². The second-order valence-electron chi connectivity index (χ2n) is 5.33. The fraction of sp³-hybridized carbons (Fsp3) is 0.267. The van der Waals surface area contributed by atoms with E-state index in [1.807, 2.05) is 0 Å². The molecule has 0 spiro atoms. The third-order valence-corrected chi connectivity index (χ3v) is 3.69. The van der Waals surface area contributed by atoms with Crippen molar-refractivity contribution in [3.63, 3.8) is 0 Å². The van der Waals surface area contributed by atoms with Gasteiger partial charge >= 0.3 is 17.9 Å². The number of halogens is 1. The molecule has 1 saturated heterocycles. The van der Waals surface area contributed by atoms with Crippen molar-refractivity contribution in [1.82, 2.24) is 0 Å². The number of cyclic esters (lactones) is 2. The first-order chi connectivity index (χ1) is 10.6. The molecule has 122 valence electrons. The van der Waals surface area contributed by atoms with Crippen LogP contribution in [0.25, 0.3) is 0 Å². The first-order valence-corrected chi connectivity index (χ1v) is 7.37. The molecule has 0 amide bonds. The van der Waals surface area contributed by atoms with E-state index in [2.05, 4.69) is 21.2 Å². The van der Waals surface area contributed by atoms with E-state index in [4.69, 9.17) is 14.6 Å². The lowest BCUT2D eigenvalue weighted by Crippen LogP contribution is -2.42. The molecular weight excluding hydrogens is 370 g/mol. The third-order valence-electron chi connectivity index (χ3n) is 3.03. The lowest BCUT2D eigenvalue weighted by molar-refractivity contribution is -0.222. The van der Waals surface area contributed by atoms with Gasteiger partial charge in [0.15, 0.2) is 5.57 Å². The first-order valence-electron chi connectivity index (χ1n) is 6.57. The van der Waals surface area contributed by atoms with Crippen LogP contribution in [-0.2, 0) is 19.1 Å². The van der Waals surface area contributed by atoms with Gasteiger partial charge in [0.25, 0.3) is 5.79 Å². The second-order valence-corrected chi connectivity index (χ2v) is 6.19. The van der Waals surface area contributed by atoms with Crippen LogP contribution in [0.3, 0.4) is 0 Å². The number of carbonyl (C=O) groups is 3. The molecule has 0 unspecified atom stereocenters. The minimum Gasteiger partial charge on any atom is -0.478 e. The Bertz CT molecular complexity index is 716. The number of aryl methyl sites for hydroxylation is 1. The molecule has 1 aromatic carbocycles. The summed E-state index contributed by atoms with van der Waals surface area (Å²) >= 11 is 3.17. The number of ether oxygens (including phenoxy) is 2. The van der Waals surface area contributed by atoms with Crippen LogP contribution in [0.5, 0.6) is 0 Å². The third kappa shape index (κ3) is 3.70. The summed E-state index contributed by atoms with van der Waals surface area (Å²) in [7, 11) is 0. The van der Waals surface area contributed by atoms with Crippen molar-refractivity contribution < 1.29 is 29.0 Å². The Morgan fingerprint density at radius 2 is 1.83 bits per heavy atom. The van der Waals surface area contributed by atoms with Gasteiger partial charge in [-0.05, 0) is 40.5 Å². The van der Waals surface area contributed by atoms with E-state index in [-0.39, 0.29) is 11.1 Å². The number of benzene rings is 1. The minimum atomic E-state index is -1.31. The van der Waals surface area contributed by atoms with Gasteiger partial charge in [-0.1, -0.05) is 0 Å². The Morgan fingerprint density at radius 3 is 2.35 bits per heavy atom. The number of aromatic carboxylic acids is 1. The summed E-state index contributed by atoms with van der Waals surface area (Å²) in [5.41, 5.74) is 0.898. The molecule has 2 N–H and O–H groups in total. The first kappa shape index (κ1) is 17.0. The van der Waals surface area contributed by atoms with Crippen molar-refractivity contribution in [3.05, 3.63) is 39.5 Å². The summed E-state index contributed by atoms with van der Waals surface area (Å²) in [6.45, 7) is 4.65. The maximum absolute atomic E-state index is 11.8. The molecular formula is C15H14BrNO6. The molecule has 1 heterocycles. The number of rotatable bonds is 3. The average Bonchev–Trinajstić information content (AvgIpc) is 2.37. The van der Waals surface area contributed by atoms with Gasteiger partial charge in [-0.3, -0.25) is 0 Å². The summed E-state index contributed by atoms with van der Waals surface area (Å²) < 4.78 is 10.4. The van der Waals surface area contributed by atoms with Crippen molar-refractivity contribution in [2.24, 2.45) is 0 Å². The fourth-order valence-corrected chi connectivity index (χ4v) is 2.55. The van der Waals surface area contributed by atoms with Crippen molar-refractivity contribution in [2.45, 2.75) is 26.6 Å². The standard InChI is InChI=1S/C15H14BrNO6/c1-7-4-10(16)8(12(18)19)5-11(7)17-6-9-13(20)22-15(2,3)23-14(9)21/h4-6,17H,1-3H3,(H,18,19). The van der Waals surface area contributed by atoms with Gasteiger partial charge in [0.2, 0.25) is 0 Å². The van der Waals surface area contributed by atoms with Gasteiger partial charge in [0.05, 0.1) is 5.56 Å². The molecule has 1 aromatic rings. The van der Waals surface area contributed by atoms with Crippen LogP contribution in [0.15, 0.2) is 28.4 Å². The molecule has 1 aliphatic rings. The second kappa shape index (κ2) is 6.04. The van der Waals surface area contributed by atoms with E-state index in [1.165, 1.54) is 19.9 Å². The van der Waals surface area contributed by atoms with E-state index in [0.29, 0.717) is 10.2 Å². The van der Waals surface area contributed by atoms with E-state index in [1.54, 1.807) is 13.0 Å². The van der Waals surface area contributed by atoms with Gasteiger partial charge in [-0.15, -0.1) is 0 Å². The Morgan fingerprint density at radius 1 is 1.26 bits per heavy atom.